The first-order chi connectivity index (χ1) is 4.20. The fourth-order valence-electron chi connectivity index (χ4n) is 0.751. The molecule has 0 saturated carbocycles. The quantitative estimate of drug-likeness (QED) is 0.530. The lowest BCUT2D eigenvalue weighted by molar-refractivity contribution is -0.116. The topological polar surface area (TPSA) is 17.1 Å². The van der Waals surface area contributed by atoms with Crippen LogP contribution in [0.2, 0.25) is 0 Å². The number of allylic oxidation sites excluding steroid dienone is 2. The van der Waals surface area contributed by atoms with Crippen molar-refractivity contribution in [2.24, 2.45) is 0 Å². The lowest BCUT2D eigenvalue weighted by Gasteiger charge is -1.97. The lowest BCUT2D eigenvalue weighted by Crippen LogP contribution is -1.91. The van der Waals surface area contributed by atoms with Gasteiger partial charge >= 0.3 is 0 Å². The maximum absolute atomic E-state index is 10.5. The van der Waals surface area contributed by atoms with E-state index >= 15 is 0 Å². The number of carbonyl (C=O) groups is 1. The van der Waals surface area contributed by atoms with Crippen LogP contribution in [0, 0.1) is 0 Å². The highest BCUT2D eigenvalue weighted by molar-refractivity contribution is 5.78. The predicted octanol–water partition coefficient (Wildman–Crippen LogP) is 2.32. The van der Waals surface area contributed by atoms with Crippen LogP contribution in [0.1, 0.15) is 33.6 Å². The summed E-state index contributed by atoms with van der Waals surface area (Å²) in [6, 6.07) is 0. The first kappa shape index (κ1) is 8.41. The summed E-state index contributed by atoms with van der Waals surface area (Å²) in [5, 5.41) is 0. The summed E-state index contributed by atoms with van der Waals surface area (Å²) < 4.78 is 0. The van der Waals surface area contributed by atoms with Crippen LogP contribution in [0.3, 0.4) is 0 Å². The first-order valence-electron chi connectivity index (χ1n) is 3.34. The highest BCUT2D eigenvalue weighted by Gasteiger charge is 1.95. The van der Waals surface area contributed by atoms with Gasteiger partial charge in [0.15, 0.2) is 0 Å². The van der Waals surface area contributed by atoms with Crippen molar-refractivity contribution >= 4 is 5.78 Å². The van der Waals surface area contributed by atoms with E-state index in [1.54, 1.807) is 6.92 Å². The maximum atomic E-state index is 10.5. The van der Waals surface area contributed by atoms with E-state index in [1.807, 2.05) is 13.0 Å². The van der Waals surface area contributed by atoms with Crippen molar-refractivity contribution in [2.45, 2.75) is 33.6 Å². The second kappa shape index (κ2) is 4.30. The third kappa shape index (κ3) is 3.95. The van der Waals surface area contributed by atoms with Gasteiger partial charge in [-0.15, -0.1) is 0 Å². The first-order valence-corrected chi connectivity index (χ1v) is 3.34. The van der Waals surface area contributed by atoms with E-state index in [1.165, 1.54) is 5.57 Å². The molecule has 0 aromatic rings. The number of rotatable bonds is 3. The Morgan fingerprint density at radius 1 is 1.56 bits per heavy atom. The number of Topliss-reactive ketones (excluding diaryl/α,β-unsaturated/α-hetero) is 1. The van der Waals surface area contributed by atoms with Crippen molar-refractivity contribution in [3.8, 4) is 0 Å². The summed E-state index contributed by atoms with van der Waals surface area (Å²) in [5.74, 6) is 0.255. The van der Waals surface area contributed by atoms with E-state index in [2.05, 4.69) is 6.92 Å². The molecule has 0 unspecified atom stereocenters. The summed E-state index contributed by atoms with van der Waals surface area (Å²) in [4.78, 5) is 10.5. The molecule has 0 aromatic carbocycles. The number of ketones is 1. The Bertz CT molecular complexity index is 123. The van der Waals surface area contributed by atoms with Crippen molar-refractivity contribution in [1.29, 1.82) is 0 Å². The third-order valence-electron chi connectivity index (χ3n) is 1.34. The largest absolute Gasteiger partial charge is 0.300 e. The van der Waals surface area contributed by atoms with Gasteiger partial charge < -0.3 is 0 Å². The molecule has 0 aromatic heterocycles. The molecule has 0 bridgehead atoms. The van der Waals surface area contributed by atoms with Gasteiger partial charge in [0, 0.05) is 6.42 Å². The lowest BCUT2D eigenvalue weighted by atomic mass is 10.1. The summed E-state index contributed by atoms with van der Waals surface area (Å²) in [6.45, 7) is 5.67. The molecule has 0 atom stereocenters. The van der Waals surface area contributed by atoms with Gasteiger partial charge in [-0.3, -0.25) is 4.79 Å². The monoisotopic (exact) mass is 126 g/mol. The molecule has 0 aliphatic heterocycles. The molecule has 1 nitrogen and oxygen atoms in total. The highest BCUT2D eigenvalue weighted by Crippen LogP contribution is 2.05. The van der Waals surface area contributed by atoms with Gasteiger partial charge in [0.2, 0.25) is 0 Å². The molecule has 0 heterocycles. The molecule has 0 rings (SSSR count). The summed E-state index contributed by atoms with van der Waals surface area (Å²) >= 11 is 0. The van der Waals surface area contributed by atoms with Gasteiger partial charge in [-0.25, -0.2) is 0 Å². The van der Waals surface area contributed by atoms with E-state index in [-0.39, 0.29) is 5.78 Å². The van der Waals surface area contributed by atoms with E-state index in [4.69, 9.17) is 0 Å². The predicted molar refractivity (Wildman–Crippen MR) is 39.3 cm³/mol. The number of hydrogen-bond donors (Lipinski definition) is 0. The van der Waals surface area contributed by atoms with Crippen LogP contribution in [0.4, 0.5) is 0 Å². The van der Waals surface area contributed by atoms with Crippen LogP contribution in [0.5, 0.6) is 0 Å². The molecule has 9 heavy (non-hydrogen) atoms. The molecule has 52 valence electrons. The zero-order valence-electron chi connectivity index (χ0n) is 6.40. The standard InChI is InChI=1S/C8H14O/c1-4-8(5-2)6-7(3)9/h4H,5-6H2,1-3H3. The van der Waals surface area contributed by atoms with Gasteiger partial charge in [-0.1, -0.05) is 18.6 Å². The van der Waals surface area contributed by atoms with Gasteiger partial charge in [0.05, 0.1) is 0 Å². The normalized spacial score (nSPS) is 11.7. The van der Waals surface area contributed by atoms with E-state index < -0.39 is 0 Å². The molecule has 0 spiro atoms. The molecule has 0 aliphatic carbocycles. The molecule has 0 saturated heterocycles. The molecule has 1 heteroatoms. The van der Waals surface area contributed by atoms with Gasteiger partial charge in [-0.2, -0.15) is 0 Å². The second-order valence-electron chi connectivity index (χ2n) is 2.18. The molecular weight excluding hydrogens is 112 g/mol. The second-order valence-corrected chi connectivity index (χ2v) is 2.18. The maximum Gasteiger partial charge on any atom is 0.133 e. The molecular formula is C8H14O. The molecule has 0 aliphatic rings. The van der Waals surface area contributed by atoms with Crippen molar-refractivity contribution in [3.05, 3.63) is 11.6 Å². The Labute approximate surface area is 56.8 Å². The highest BCUT2D eigenvalue weighted by atomic mass is 16.1. The Morgan fingerprint density at radius 3 is 2.22 bits per heavy atom. The Morgan fingerprint density at radius 2 is 2.11 bits per heavy atom. The summed E-state index contributed by atoms with van der Waals surface area (Å²) in [5.41, 5.74) is 1.24. The fourth-order valence-corrected chi connectivity index (χ4v) is 0.751. The zero-order chi connectivity index (χ0) is 7.28. The van der Waals surface area contributed by atoms with Crippen molar-refractivity contribution in [3.63, 3.8) is 0 Å². The fraction of sp³-hybridized carbons (Fsp3) is 0.625. The summed E-state index contributed by atoms with van der Waals surface area (Å²) in [7, 11) is 0. The third-order valence-corrected chi connectivity index (χ3v) is 1.34. The van der Waals surface area contributed by atoms with Crippen LogP contribution in [-0.4, -0.2) is 5.78 Å². The van der Waals surface area contributed by atoms with Crippen LogP contribution in [0.15, 0.2) is 11.6 Å². The Hall–Kier alpha value is -0.590. The Kier molecular flexibility index (Phi) is 4.02. The molecule has 0 fully saturated rings. The van der Waals surface area contributed by atoms with Crippen LogP contribution >= 0.6 is 0 Å². The number of hydrogen-bond acceptors (Lipinski definition) is 1. The minimum Gasteiger partial charge on any atom is -0.300 e. The van der Waals surface area contributed by atoms with Crippen LogP contribution < -0.4 is 0 Å². The van der Waals surface area contributed by atoms with Crippen molar-refractivity contribution in [1.82, 2.24) is 0 Å². The van der Waals surface area contributed by atoms with E-state index in [0.29, 0.717) is 6.42 Å². The van der Waals surface area contributed by atoms with E-state index in [0.717, 1.165) is 6.42 Å². The van der Waals surface area contributed by atoms with Crippen LogP contribution in [0.25, 0.3) is 0 Å². The Balaban J connectivity index is 3.71. The van der Waals surface area contributed by atoms with Gasteiger partial charge in [0.25, 0.3) is 0 Å². The molecule has 0 N–H and O–H groups in total. The minimum atomic E-state index is 0.255. The van der Waals surface area contributed by atoms with Crippen molar-refractivity contribution in [2.75, 3.05) is 0 Å². The van der Waals surface area contributed by atoms with E-state index in [9.17, 15) is 4.79 Å². The van der Waals surface area contributed by atoms with Gasteiger partial charge in [-0.05, 0) is 20.3 Å². The van der Waals surface area contributed by atoms with Crippen LogP contribution in [-0.2, 0) is 4.79 Å². The summed E-state index contributed by atoms with van der Waals surface area (Å²) in [6.07, 6.45) is 3.64. The van der Waals surface area contributed by atoms with Gasteiger partial charge in [0.1, 0.15) is 5.78 Å². The number of carbonyl (C=O) groups excluding carboxylic acids is 1. The molecule has 0 amide bonds. The van der Waals surface area contributed by atoms with Crippen molar-refractivity contribution < 1.29 is 4.79 Å². The minimum absolute atomic E-state index is 0.255. The zero-order valence-corrected chi connectivity index (χ0v) is 6.40. The SMILES string of the molecule is CC=C(CC)CC(C)=O. The average molecular weight is 126 g/mol. The molecule has 0 radical (unpaired) electrons. The smallest absolute Gasteiger partial charge is 0.133 e. The average Bonchev–Trinajstić information content (AvgIpc) is 1.82.